The highest BCUT2D eigenvalue weighted by Crippen LogP contribution is 2.36. The van der Waals surface area contributed by atoms with Gasteiger partial charge in [0.2, 0.25) is 0 Å². The van der Waals surface area contributed by atoms with Crippen molar-refractivity contribution in [2.45, 2.75) is 25.6 Å². The van der Waals surface area contributed by atoms with E-state index in [1.807, 2.05) is 45.3 Å². The number of nitrogens with one attached hydrogen (secondary N) is 2. The van der Waals surface area contributed by atoms with Crippen molar-refractivity contribution in [2.75, 3.05) is 13.1 Å². The van der Waals surface area contributed by atoms with E-state index in [4.69, 9.17) is 12.2 Å². The summed E-state index contributed by atoms with van der Waals surface area (Å²) in [5.41, 5.74) is 2.35. The lowest BCUT2D eigenvalue weighted by molar-refractivity contribution is -0.182. The van der Waals surface area contributed by atoms with Gasteiger partial charge >= 0.3 is 6.18 Å². The van der Waals surface area contributed by atoms with Gasteiger partial charge in [-0.1, -0.05) is 30.3 Å². The standard InChI is InChI=1S/C13H11N3OS.C6H9F3INS/c17-12-11-10(6-7-14-11)16(13(18)15-12)8-9-4-2-1-3-5-9;7-6(8,9)5-1-3-11(12-10)4-2-5/h1-7,14H,8H2,(H,15,17,18);5H,1-4H2. The summed E-state index contributed by atoms with van der Waals surface area (Å²) in [6, 6.07) is 11.9. The number of rotatable bonds is 3. The third-order valence-corrected chi connectivity index (χ3v) is 7.46. The van der Waals surface area contributed by atoms with Crippen molar-refractivity contribution in [2.24, 2.45) is 5.92 Å². The average Bonchev–Trinajstić information content (AvgIpc) is 3.22. The van der Waals surface area contributed by atoms with Gasteiger partial charge in [0, 0.05) is 40.5 Å². The Kier molecular flexibility index (Phi) is 8.04. The number of fused-ring (bicyclic) bond motifs is 1. The topological polar surface area (TPSA) is 56.8 Å². The van der Waals surface area contributed by atoms with Gasteiger partial charge in [-0.05, 0) is 45.8 Å². The molecule has 1 aromatic carbocycles. The Labute approximate surface area is 192 Å². The van der Waals surface area contributed by atoms with Crippen LogP contribution in [0, 0.1) is 10.7 Å². The fraction of sp³-hybridized carbons (Fsp3) is 0.368. The third-order valence-electron chi connectivity index (χ3n) is 4.91. The Morgan fingerprint density at radius 1 is 1.17 bits per heavy atom. The number of aromatic nitrogens is 3. The summed E-state index contributed by atoms with van der Waals surface area (Å²) in [6.07, 6.45) is -1.74. The van der Waals surface area contributed by atoms with Crippen molar-refractivity contribution in [3.63, 3.8) is 0 Å². The fourth-order valence-electron chi connectivity index (χ4n) is 3.28. The summed E-state index contributed by atoms with van der Waals surface area (Å²) in [7, 11) is 1.49. The molecule has 2 aromatic heterocycles. The van der Waals surface area contributed by atoms with Crippen molar-refractivity contribution >= 4 is 53.6 Å². The number of H-pyrrole nitrogens is 2. The van der Waals surface area contributed by atoms with Crippen LogP contribution in [-0.4, -0.2) is 38.1 Å². The molecule has 162 valence electrons. The number of halogens is 4. The molecule has 0 bridgehead atoms. The van der Waals surface area contributed by atoms with Crippen molar-refractivity contribution < 1.29 is 13.2 Å². The molecule has 0 aliphatic carbocycles. The lowest BCUT2D eigenvalue weighted by Gasteiger charge is -2.30. The molecule has 0 unspecified atom stereocenters. The van der Waals surface area contributed by atoms with E-state index in [2.05, 4.69) is 31.2 Å². The maximum Gasteiger partial charge on any atom is 0.391 e. The second-order valence-electron chi connectivity index (χ2n) is 6.88. The zero-order chi connectivity index (χ0) is 21.7. The van der Waals surface area contributed by atoms with E-state index in [1.54, 1.807) is 6.20 Å². The van der Waals surface area contributed by atoms with Crippen molar-refractivity contribution in [3.8, 4) is 0 Å². The van der Waals surface area contributed by atoms with Crippen LogP contribution >= 0.6 is 42.5 Å². The number of alkyl halides is 3. The van der Waals surface area contributed by atoms with E-state index >= 15 is 0 Å². The van der Waals surface area contributed by atoms with Crippen LogP contribution in [0.1, 0.15) is 18.4 Å². The van der Waals surface area contributed by atoms with Crippen molar-refractivity contribution in [1.29, 1.82) is 0 Å². The molecular weight excluding hydrogens is 548 g/mol. The molecule has 1 fully saturated rings. The molecule has 2 N–H and O–H groups in total. The number of aromatic amines is 2. The number of piperidine rings is 1. The van der Waals surface area contributed by atoms with Gasteiger partial charge in [-0.15, -0.1) is 0 Å². The highest BCUT2D eigenvalue weighted by molar-refractivity contribution is 14.2. The molecule has 1 aliphatic heterocycles. The van der Waals surface area contributed by atoms with Gasteiger partial charge in [0.05, 0.1) is 18.0 Å². The van der Waals surface area contributed by atoms with Crippen LogP contribution < -0.4 is 5.56 Å². The lowest BCUT2D eigenvalue weighted by Crippen LogP contribution is -2.35. The van der Waals surface area contributed by atoms with Gasteiger partial charge in [0.15, 0.2) is 4.77 Å². The minimum absolute atomic E-state index is 0.177. The number of hydrogen-bond donors (Lipinski definition) is 2. The van der Waals surface area contributed by atoms with Crippen LogP contribution in [-0.2, 0) is 6.54 Å². The van der Waals surface area contributed by atoms with E-state index in [0.29, 0.717) is 29.9 Å². The quantitative estimate of drug-likeness (QED) is 0.242. The van der Waals surface area contributed by atoms with E-state index < -0.39 is 12.1 Å². The summed E-state index contributed by atoms with van der Waals surface area (Å²) < 4.78 is 40.8. The molecule has 3 heterocycles. The van der Waals surface area contributed by atoms with E-state index in [9.17, 15) is 18.0 Å². The van der Waals surface area contributed by atoms with Gasteiger partial charge < -0.3 is 9.55 Å². The molecule has 1 saturated heterocycles. The number of benzene rings is 1. The Morgan fingerprint density at radius 2 is 1.83 bits per heavy atom. The first-order valence-electron chi connectivity index (χ1n) is 9.24. The second kappa shape index (κ2) is 10.3. The Hall–Kier alpha value is -1.31. The molecule has 11 heteroatoms. The van der Waals surface area contributed by atoms with Gasteiger partial charge in [-0.2, -0.15) is 13.2 Å². The summed E-state index contributed by atoms with van der Waals surface area (Å²) in [4.78, 5) is 17.3. The van der Waals surface area contributed by atoms with E-state index in [1.165, 1.54) is 9.12 Å². The fourth-order valence-corrected chi connectivity index (χ4v) is 5.07. The predicted octanol–water partition coefficient (Wildman–Crippen LogP) is 5.69. The Balaban J connectivity index is 0.000000187. The molecule has 0 atom stereocenters. The van der Waals surface area contributed by atoms with Crippen LogP contribution in [0.15, 0.2) is 47.4 Å². The average molecular weight is 568 g/mol. The molecular formula is C19H20F3IN4OS2. The van der Waals surface area contributed by atoms with Crippen LogP contribution in [0.4, 0.5) is 13.2 Å². The normalized spacial score (nSPS) is 15.7. The van der Waals surface area contributed by atoms with E-state index in [-0.39, 0.29) is 18.4 Å². The zero-order valence-corrected chi connectivity index (χ0v) is 19.6. The summed E-state index contributed by atoms with van der Waals surface area (Å²) in [6.45, 7) is 1.75. The molecule has 0 radical (unpaired) electrons. The molecule has 0 saturated carbocycles. The summed E-state index contributed by atoms with van der Waals surface area (Å²) in [5.74, 6) is -1.07. The minimum atomic E-state index is -3.98. The smallest absolute Gasteiger partial charge is 0.355 e. The predicted molar refractivity (Wildman–Crippen MR) is 125 cm³/mol. The molecule has 0 spiro atoms. The summed E-state index contributed by atoms with van der Waals surface area (Å²) >= 11 is 7.32. The largest absolute Gasteiger partial charge is 0.391 e. The zero-order valence-electron chi connectivity index (χ0n) is 15.8. The lowest BCUT2D eigenvalue weighted by atomic mass is 9.98. The first-order valence-corrected chi connectivity index (χ1v) is 13.0. The molecule has 30 heavy (non-hydrogen) atoms. The molecule has 5 nitrogen and oxygen atoms in total. The van der Waals surface area contributed by atoms with Crippen molar-refractivity contribution in [3.05, 3.63) is 63.3 Å². The maximum absolute atomic E-state index is 12.1. The van der Waals surface area contributed by atoms with Crippen LogP contribution in [0.2, 0.25) is 0 Å². The maximum atomic E-state index is 12.1. The second-order valence-corrected chi connectivity index (χ2v) is 9.11. The van der Waals surface area contributed by atoms with Gasteiger partial charge in [-0.3, -0.25) is 9.78 Å². The monoisotopic (exact) mass is 568 g/mol. The first kappa shape index (κ1) is 23.4. The molecule has 3 aromatic rings. The Morgan fingerprint density at radius 3 is 2.43 bits per heavy atom. The highest BCUT2D eigenvalue weighted by atomic mass is 127. The SMILES string of the molecule is FC(F)(F)C1CCN(SI)CC1.O=c1[nH]c(=S)n(Cc2ccccc2)c2cc[nH]c12. The third kappa shape index (κ3) is 5.89. The Bertz CT molecular complexity index is 1070. The van der Waals surface area contributed by atoms with Gasteiger partial charge in [0.1, 0.15) is 5.52 Å². The number of nitrogens with zero attached hydrogens (tertiary/aromatic N) is 2. The van der Waals surface area contributed by atoms with Crippen molar-refractivity contribution in [1.82, 2.24) is 18.8 Å². The molecule has 1 aliphatic rings. The molecule has 4 rings (SSSR count). The van der Waals surface area contributed by atoms with Crippen LogP contribution in [0.5, 0.6) is 0 Å². The highest BCUT2D eigenvalue weighted by Gasteiger charge is 2.40. The van der Waals surface area contributed by atoms with E-state index in [0.717, 1.165) is 11.1 Å². The molecule has 0 amide bonds. The summed E-state index contributed by atoms with van der Waals surface area (Å²) in [5, 5.41) is 0. The van der Waals surface area contributed by atoms with Gasteiger partial charge in [0.25, 0.3) is 5.56 Å². The van der Waals surface area contributed by atoms with Gasteiger partial charge in [-0.25, -0.2) is 4.31 Å². The van der Waals surface area contributed by atoms with Crippen LogP contribution in [0.25, 0.3) is 11.0 Å². The first-order chi connectivity index (χ1) is 14.3. The minimum Gasteiger partial charge on any atom is -0.355 e. The van der Waals surface area contributed by atoms with Crippen LogP contribution in [0.3, 0.4) is 0 Å². The number of hydrogen-bond acceptors (Lipinski definition) is 4.